The van der Waals surface area contributed by atoms with Crippen molar-refractivity contribution >= 4 is 33.9 Å². The highest BCUT2D eigenvalue weighted by Crippen LogP contribution is 2.35. The number of carboxylic acid groups (broad SMARTS) is 1. The van der Waals surface area contributed by atoms with Gasteiger partial charge in [-0.3, -0.25) is 9.59 Å². The highest BCUT2D eigenvalue weighted by atomic mass is 16.4. The van der Waals surface area contributed by atoms with Crippen molar-refractivity contribution in [1.29, 1.82) is 0 Å². The Balaban J connectivity index is 1.33. The first-order chi connectivity index (χ1) is 20.4. The summed E-state index contributed by atoms with van der Waals surface area (Å²) in [6, 6.07) is 16.6. The van der Waals surface area contributed by atoms with Crippen LogP contribution in [-0.4, -0.2) is 53.0 Å². The largest absolute Gasteiger partial charge is 0.481 e. The number of nitrogens with zero attached hydrogens (tertiary/aromatic N) is 6. The third-order valence-corrected chi connectivity index (χ3v) is 9.14. The smallest absolute Gasteiger partial charge is 0.304 e. The molecule has 8 rings (SSSR count). The molecule has 3 aliphatic heterocycles. The first-order valence-electron chi connectivity index (χ1n) is 14.8. The van der Waals surface area contributed by atoms with E-state index in [1.165, 1.54) is 11.1 Å². The molecule has 9 heteroatoms. The molecule has 0 saturated carbocycles. The number of rotatable bonds is 2. The van der Waals surface area contributed by atoms with E-state index in [-0.39, 0.29) is 18.2 Å². The number of hydrogen-bond acceptors (Lipinski definition) is 5. The summed E-state index contributed by atoms with van der Waals surface area (Å²) in [6.45, 7) is 3.87. The average molecular weight is 563 g/mol. The lowest BCUT2D eigenvalue weighted by molar-refractivity contribution is -0.137. The Morgan fingerprint density at radius 2 is 1.83 bits per heavy atom. The summed E-state index contributed by atoms with van der Waals surface area (Å²) >= 11 is 0. The maximum atomic E-state index is 13.8. The summed E-state index contributed by atoms with van der Waals surface area (Å²) in [5.41, 5.74) is 9.90. The number of aromatic nitrogens is 5. The lowest BCUT2D eigenvalue weighted by atomic mass is 9.83. The molecule has 0 aliphatic carbocycles. The Kier molecular flexibility index (Phi) is 6.52. The fraction of sp³-hybridized carbons (Fsp3) is 0.364. The van der Waals surface area contributed by atoms with Crippen molar-refractivity contribution < 1.29 is 14.7 Å². The van der Waals surface area contributed by atoms with Crippen LogP contribution in [0.15, 0.2) is 48.5 Å². The number of carbonyl (C=O) groups is 2. The van der Waals surface area contributed by atoms with Gasteiger partial charge in [0.2, 0.25) is 0 Å². The first kappa shape index (κ1) is 26.4. The zero-order valence-corrected chi connectivity index (χ0v) is 24.0. The van der Waals surface area contributed by atoms with Gasteiger partial charge in [-0.2, -0.15) is 0 Å². The number of benzene rings is 3. The van der Waals surface area contributed by atoms with Gasteiger partial charge in [0.25, 0.3) is 5.91 Å². The van der Waals surface area contributed by atoms with Gasteiger partial charge in [0.05, 0.1) is 23.0 Å². The summed E-state index contributed by atoms with van der Waals surface area (Å²) in [7, 11) is 1.91. The predicted octanol–water partition coefficient (Wildman–Crippen LogP) is 5.16. The molecule has 0 radical (unpaired) electrons. The highest BCUT2D eigenvalue weighted by Gasteiger charge is 2.28. The molecule has 1 unspecified atom stereocenters. The number of aliphatic carboxylic acids is 1. The number of imidazole rings is 1. The zero-order chi connectivity index (χ0) is 29.0. The molecule has 0 spiro atoms. The second kappa shape index (κ2) is 10.4. The van der Waals surface area contributed by atoms with Crippen molar-refractivity contribution in [2.45, 2.75) is 64.5 Å². The first-order valence-corrected chi connectivity index (χ1v) is 14.8. The maximum Gasteiger partial charge on any atom is 0.304 e. The normalized spacial score (nSPS) is 17.5. The van der Waals surface area contributed by atoms with Gasteiger partial charge in [0, 0.05) is 32.6 Å². The predicted molar refractivity (Wildman–Crippen MR) is 160 cm³/mol. The van der Waals surface area contributed by atoms with Crippen molar-refractivity contribution in [3.8, 4) is 0 Å². The molecular weight excluding hydrogens is 528 g/mol. The quantitative estimate of drug-likeness (QED) is 0.319. The van der Waals surface area contributed by atoms with Crippen molar-refractivity contribution in [2.75, 3.05) is 6.54 Å². The van der Waals surface area contributed by atoms with E-state index in [2.05, 4.69) is 40.6 Å². The number of carboxylic acids is 1. The highest BCUT2D eigenvalue weighted by molar-refractivity contribution is 5.95. The molecule has 10 bridgehead atoms. The SMILES string of the molecule is Cc1c2ccc3c1nnn3CCCCCc1ccc3c(c1)nc(n3C)C(=O)N1CCc3ccc(cc3C1)C2CC(=O)O. The van der Waals surface area contributed by atoms with E-state index in [9.17, 15) is 14.7 Å². The van der Waals surface area contributed by atoms with Gasteiger partial charge in [0.1, 0.15) is 5.52 Å². The van der Waals surface area contributed by atoms with Crippen LogP contribution >= 0.6 is 0 Å². The summed E-state index contributed by atoms with van der Waals surface area (Å²) < 4.78 is 3.87. The molecule has 5 heterocycles. The Bertz CT molecular complexity index is 1870. The van der Waals surface area contributed by atoms with Crippen molar-refractivity contribution in [3.63, 3.8) is 0 Å². The van der Waals surface area contributed by atoms with Gasteiger partial charge in [-0.25, -0.2) is 9.67 Å². The number of fused-ring (bicyclic) bond motifs is 5. The number of amides is 1. The van der Waals surface area contributed by atoms with Crippen LogP contribution in [0.4, 0.5) is 0 Å². The third-order valence-electron chi connectivity index (χ3n) is 9.14. The Labute approximate surface area is 243 Å². The topological polar surface area (TPSA) is 106 Å². The maximum absolute atomic E-state index is 13.8. The van der Waals surface area contributed by atoms with E-state index in [1.54, 1.807) is 0 Å². The second-order valence-electron chi connectivity index (χ2n) is 11.7. The Morgan fingerprint density at radius 3 is 2.69 bits per heavy atom. The molecule has 1 N–H and O–H groups in total. The summed E-state index contributed by atoms with van der Waals surface area (Å²) in [5.74, 6) is -0.841. The van der Waals surface area contributed by atoms with Gasteiger partial charge in [0.15, 0.2) is 5.82 Å². The second-order valence-corrected chi connectivity index (χ2v) is 11.7. The summed E-state index contributed by atoms with van der Waals surface area (Å²) in [4.78, 5) is 32.5. The molecule has 3 aliphatic rings. The van der Waals surface area contributed by atoms with Crippen LogP contribution < -0.4 is 0 Å². The van der Waals surface area contributed by atoms with E-state index in [4.69, 9.17) is 4.98 Å². The van der Waals surface area contributed by atoms with Crippen molar-refractivity contribution in [2.24, 2.45) is 7.05 Å². The van der Waals surface area contributed by atoms with Crippen LogP contribution in [0.3, 0.4) is 0 Å². The molecule has 2 aromatic heterocycles. The van der Waals surface area contributed by atoms with E-state index in [1.807, 2.05) is 46.3 Å². The number of carbonyl (C=O) groups excluding carboxylic acids is 1. The lowest BCUT2D eigenvalue weighted by Gasteiger charge is -2.30. The fourth-order valence-corrected chi connectivity index (χ4v) is 6.78. The molecule has 1 atom stereocenters. The van der Waals surface area contributed by atoms with Gasteiger partial charge in [-0.15, -0.1) is 5.10 Å². The van der Waals surface area contributed by atoms with Gasteiger partial charge < -0.3 is 14.6 Å². The molecule has 42 heavy (non-hydrogen) atoms. The van der Waals surface area contributed by atoms with Crippen molar-refractivity contribution in [3.05, 3.63) is 87.7 Å². The van der Waals surface area contributed by atoms with Crippen LogP contribution in [0.25, 0.3) is 22.1 Å². The number of hydrogen-bond donors (Lipinski definition) is 1. The molecule has 9 nitrogen and oxygen atoms in total. The summed E-state index contributed by atoms with van der Waals surface area (Å²) in [5, 5.41) is 18.9. The minimum atomic E-state index is -0.857. The Morgan fingerprint density at radius 1 is 0.976 bits per heavy atom. The van der Waals surface area contributed by atoms with E-state index in [0.29, 0.717) is 18.9 Å². The van der Waals surface area contributed by atoms with Crippen LogP contribution in [-0.2, 0) is 37.8 Å². The average Bonchev–Trinajstić information content (AvgIpc) is 3.55. The Hall–Kier alpha value is -4.53. The molecule has 1 amide bonds. The van der Waals surface area contributed by atoms with Gasteiger partial charge in [-0.05, 0) is 84.2 Å². The zero-order valence-electron chi connectivity index (χ0n) is 24.0. The van der Waals surface area contributed by atoms with E-state index in [0.717, 1.165) is 83.0 Å². The molecular formula is C33H34N6O3. The van der Waals surface area contributed by atoms with Gasteiger partial charge in [-0.1, -0.05) is 42.0 Å². The molecule has 5 aromatic rings. The molecule has 214 valence electrons. The van der Waals surface area contributed by atoms with Crippen molar-refractivity contribution in [1.82, 2.24) is 29.4 Å². The fourth-order valence-electron chi connectivity index (χ4n) is 6.78. The minimum Gasteiger partial charge on any atom is -0.481 e. The monoisotopic (exact) mass is 562 g/mol. The van der Waals surface area contributed by atoms with E-state index < -0.39 is 5.97 Å². The molecule has 3 aromatic carbocycles. The molecule has 0 fully saturated rings. The third kappa shape index (κ3) is 4.53. The minimum absolute atomic E-state index is 0.0379. The summed E-state index contributed by atoms with van der Waals surface area (Å²) in [6.07, 6.45) is 4.74. The van der Waals surface area contributed by atoms with Gasteiger partial charge >= 0.3 is 5.97 Å². The van der Waals surface area contributed by atoms with Crippen LogP contribution in [0, 0.1) is 6.92 Å². The van der Waals surface area contributed by atoms with Crippen LogP contribution in [0.1, 0.15) is 75.6 Å². The van der Waals surface area contributed by atoms with Crippen LogP contribution in [0.2, 0.25) is 0 Å². The number of aryl methyl sites for hydroxylation is 4. The van der Waals surface area contributed by atoms with E-state index >= 15 is 0 Å². The van der Waals surface area contributed by atoms with Crippen LogP contribution in [0.5, 0.6) is 0 Å². The molecule has 0 saturated heterocycles. The lowest BCUT2D eigenvalue weighted by Crippen LogP contribution is -2.37. The standard InChI is InChI=1S/C33H34N6O3/c1-20-25-10-12-29-31(20)35-36-39(29)14-5-3-4-6-21-7-11-28-27(16-21)34-32(37(28)2)33(42)38-15-13-22-8-9-23(17-24(22)19-38)26(25)18-30(40)41/h7-12,16-17,26H,3-6,13-15,18-19H2,1-2H3,(H,40,41).